The van der Waals surface area contributed by atoms with Crippen LogP contribution in [0.2, 0.25) is 0 Å². The fraction of sp³-hybridized carbons (Fsp3) is 0.0556. The van der Waals surface area contributed by atoms with Gasteiger partial charge in [-0.3, -0.25) is 9.78 Å². The van der Waals surface area contributed by atoms with E-state index >= 15 is 0 Å². The Balaban J connectivity index is 1.51. The van der Waals surface area contributed by atoms with Crippen LogP contribution in [0, 0.1) is 6.92 Å². The molecule has 3 aromatic heterocycles. The summed E-state index contributed by atoms with van der Waals surface area (Å²) in [6.45, 7) is 1.74. The monoisotopic (exact) mass is 346 g/mol. The second-order valence-corrected chi connectivity index (χ2v) is 5.58. The van der Waals surface area contributed by atoms with Gasteiger partial charge in [-0.15, -0.1) is 0 Å². The lowest BCUT2D eigenvalue weighted by molar-refractivity contribution is 0.102. The molecule has 128 valence electrons. The van der Waals surface area contributed by atoms with Crippen LogP contribution >= 0.6 is 0 Å². The predicted molar refractivity (Wildman–Crippen MR) is 96.3 cm³/mol. The molecule has 8 nitrogen and oxygen atoms in total. The maximum absolute atomic E-state index is 12.2. The lowest BCUT2D eigenvalue weighted by Crippen LogP contribution is -2.13. The van der Waals surface area contributed by atoms with Gasteiger partial charge in [0.05, 0.1) is 16.8 Å². The van der Waals surface area contributed by atoms with Crippen molar-refractivity contribution in [3.63, 3.8) is 0 Å². The highest BCUT2D eigenvalue weighted by Crippen LogP contribution is 2.22. The number of carbonyl (C=O) groups is 1. The minimum atomic E-state index is -0.364. The average Bonchev–Trinajstić information content (AvgIpc) is 3.07. The van der Waals surface area contributed by atoms with Gasteiger partial charge in [-0.2, -0.15) is 0 Å². The predicted octanol–water partition coefficient (Wildman–Crippen LogP) is 3.32. The SMILES string of the molecule is Cc1cc(NC(=O)c2cnc(Nc3cccc4cccnc34)nc2)no1. The lowest BCUT2D eigenvalue weighted by atomic mass is 10.2. The standard InChI is InChI=1S/C18H14N6O2/c1-11-8-15(24-26-11)23-17(25)13-9-20-18(21-10-13)22-14-6-2-4-12-5-3-7-19-16(12)14/h2-10H,1H3,(H,20,21,22)(H,23,24,25). The largest absolute Gasteiger partial charge is 0.360 e. The molecule has 0 bridgehead atoms. The van der Waals surface area contributed by atoms with Crippen molar-refractivity contribution in [2.24, 2.45) is 0 Å². The van der Waals surface area contributed by atoms with Crippen LogP contribution in [0.3, 0.4) is 0 Å². The molecule has 0 unspecified atom stereocenters. The van der Waals surface area contributed by atoms with Crippen LogP contribution in [-0.4, -0.2) is 26.0 Å². The van der Waals surface area contributed by atoms with E-state index in [0.29, 0.717) is 23.1 Å². The van der Waals surface area contributed by atoms with E-state index in [-0.39, 0.29) is 5.91 Å². The number of aromatic nitrogens is 4. The normalized spacial score (nSPS) is 10.7. The van der Waals surface area contributed by atoms with Gasteiger partial charge in [0.2, 0.25) is 5.95 Å². The van der Waals surface area contributed by atoms with Gasteiger partial charge in [0.15, 0.2) is 5.82 Å². The molecule has 26 heavy (non-hydrogen) atoms. The Morgan fingerprint density at radius 3 is 2.65 bits per heavy atom. The molecule has 4 rings (SSSR count). The van der Waals surface area contributed by atoms with Crippen molar-refractivity contribution in [3.05, 3.63) is 66.3 Å². The number of rotatable bonds is 4. The molecule has 0 atom stereocenters. The summed E-state index contributed by atoms with van der Waals surface area (Å²) in [5.74, 6) is 0.963. The summed E-state index contributed by atoms with van der Waals surface area (Å²) >= 11 is 0. The molecule has 0 aliphatic carbocycles. The number of carbonyl (C=O) groups excluding carboxylic acids is 1. The smallest absolute Gasteiger partial charge is 0.260 e. The van der Waals surface area contributed by atoms with E-state index in [2.05, 4.69) is 30.7 Å². The minimum Gasteiger partial charge on any atom is -0.360 e. The van der Waals surface area contributed by atoms with Gasteiger partial charge in [0.25, 0.3) is 5.91 Å². The fourth-order valence-corrected chi connectivity index (χ4v) is 2.45. The summed E-state index contributed by atoms with van der Waals surface area (Å²) in [5.41, 5.74) is 1.92. The van der Waals surface area contributed by atoms with E-state index < -0.39 is 0 Å². The zero-order valence-electron chi connectivity index (χ0n) is 13.8. The van der Waals surface area contributed by atoms with Gasteiger partial charge in [0.1, 0.15) is 5.76 Å². The quantitative estimate of drug-likeness (QED) is 0.584. The fourth-order valence-electron chi connectivity index (χ4n) is 2.45. The molecule has 0 saturated carbocycles. The molecule has 4 aromatic rings. The molecule has 0 fully saturated rings. The van der Waals surface area contributed by atoms with E-state index in [9.17, 15) is 4.79 Å². The molecule has 0 spiro atoms. The summed E-state index contributed by atoms with van der Waals surface area (Å²) in [6, 6.07) is 11.3. The average molecular weight is 346 g/mol. The van der Waals surface area contributed by atoms with Crippen molar-refractivity contribution in [1.82, 2.24) is 20.1 Å². The second-order valence-electron chi connectivity index (χ2n) is 5.58. The van der Waals surface area contributed by atoms with Crippen molar-refractivity contribution < 1.29 is 9.32 Å². The van der Waals surface area contributed by atoms with E-state index in [1.54, 1.807) is 19.2 Å². The number of pyridine rings is 1. The first-order valence-corrected chi connectivity index (χ1v) is 7.86. The maximum atomic E-state index is 12.2. The zero-order chi connectivity index (χ0) is 17.9. The van der Waals surface area contributed by atoms with Crippen LogP contribution < -0.4 is 10.6 Å². The molecule has 0 aliphatic heterocycles. The number of aryl methyl sites for hydroxylation is 1. The van der Waals surface area contributed by atoms with Crippen LogP contribution in [0.25, 0.3) is 10.9 Å². The molecule has 3 heterocycles. The summed E-state index contributed by atoms with van der Waals surface area (Å²) in [6.07, 6.45) is 4.61. The highest BCUT2D eigenvalue weighted by Gasteiger charge is 2.11. The van der Waals surface area contributed by atoms with Crippen LogP contribution in [-0.2, 0) is 0 Å². The van der Waals surface area contributed by atoms with Crippen LogP contribution in [0.15, 0.2) is 59.5 Å². The molecular formula is C18H14N6O2. The van der Waals surface area contributed by atoms with Gasteiger partial charge in [-0.25, -0.2) is 9.97 Å². The lowest BCUT2D eigenvalue weighted by Gasteiger charge is -2.08. The first-order chi connectivity index (χ1) is 12.7. The van der Waals surface area contributed by atoms with Crippen LogP contribution in [0.4, 0.5) is 17.5 Å². The minimum absolute atomic E-state index is 0.312. The number of hydrogen-bond donors (Lipinski definition) is 2. The molecule has 2 N–H and O–H groups in total. The van der Waals surface area contributed by atoms with Crippen molar-refractivity contribution in [1.29, 1.82) is 0 Å². The van der Waals surface area contributed by atoms with Crippen molar-refractivity contribution >= 4 is 34.3 Å². The van der Waals surface area contributed by atoms with Gasteiger partial charge in [-0.05, 0) is 19.1 Å². The molecule has 8 heteroatoms. The number of para-hydroxylation sites is 1. The van der Waals surface area contributed by atoms with Gasteiger partial charge >= 0.3 is 0 Å². The van der Waals surface area contributed by atoms with Crippen LogP contribution in [0.5, 0.6) is 0 Å². The van der Waals surface area contributed by atoms with E-state index in [1.807, 2.05) is 30.3 Å². The van der Waals surface area contributed by atoms with Crippen LogP contribution in [0.1, 0.15) is 16.1 Å². The van der Waals surface area contributed by atoms with Gasteiger partial charge < -0.3 is 15.2 Å². The Morgan fingerprint density at radius 1 is 1.08 bits per heavy atom. The number of benzene rings is 1. The van der Waals surface area contributed by atoms with Crippen molar-refractivity contribution in [2.45, 2.75) is 6.92 Å². The Kier molecular flexibility index (Phi) is 3.98. The Hall–Kier alpha value is -3.81. The van der Waals surface area contributed by atoms with Gasteiger partial charge in [0, 0.05) is 30.0 Å². The first-order valence-electron chi connectivity index (χ1n) is 7.86. The Morgan fingerprint density at radius 2 is 1.88 bits per heavy atom. The molecule has 0 saturated heterocycles. The number of nitrogens with one attached hydrogen (secondary N) is 2. The third-order valence-electron chi connectivity index (χ3n) is 3.66. The number of nitrogens with zero attached hydrogens (tertiary/aromatic N) is 4. The number of hydrogen-bond acceptors (Lipinski definition) is 7. The number of fused-ring (bicyclic) bond motifs is 1. The first kappa shape index (κ1) is 15.7. The third kappa shape index (κ3) is 3.20. The highest BCUT2D eigenvalue weighted by atomic mass is 16.5. The van der Waals surface area contributed by atoms with E-state index in [0.717, 1.165) is 16.6 Å². The van der Waals surface area contributed by atoms with Crippen molar-refractivity contribution in [2.75, 3.05) is 10.6 Å². The number of amides is 1. The Labute approximate surface area is 148 Å². The Bertz CT molecular complexity index is 1070. The summed E-state index contributed by atoms with van der Waals surface area (Å²) < 4.78 is 4.91. The molecule has 0 aliphatic rings. The summed E-state index contributed by atoms with van der Waals surface area (Å²) in [5, 5.41) is 10.5. The molecule has 1 amide bonds. The molecule has 1 aromatic carbocycles. The maximum Gasteiger partial charge on any atom is 0.260 e. The third-order valence-corrected chi connectivity index (χ3v) is 3.66. The van der Waals surface area contributed by atoms with Gasteiger partial charge in [-0.1, -0.05) is 23.4 Å². The number of anilines is 3. The molecule has 0 radical (unpaired) electrons. The van der Waals surface area contributed by atoms with E-state index in [4.69, 9.17) is 4.52 Å². The zero-order valence-corrected chi connectivity index (χ0v) is 13.8. The summed E-state index contributed by atoms with van der Waals surface area (Å²) in [7, 11) is 0. The summed E-state index contributed by atoms with van der Waals surface area (Å²) in [4.78, 5) is 24.9. The topological polar surface area (TPSA) is 106 Å². The second kappa shape index (κ2) is 6.60. The highest BCUT2D eigenvalue weighted by molar-refractivity contribution is 6.03. The van der Waals surface area contributed by atoms with Crippen molar-refractivity contribution in [3.8, 4) is 0 Å². The van der Waals surface area contributed by atoms with E-state index in [1.165, 1.54) is 12.4 Å². The molecular weight excluding hydrogens is 332 g/mol.